The van der Waals surface area contributed by atoms with Crippen LogP contribution in [0.15, 0.2) is 54.6 Å². The second kappa shape index (κ2) is 8.41. The Hall–Kier alpha value is -2.04. The van der Waals surface area contributed by atoms with Crippen molar-refractivity contribution in [1.82, 2.24) is 5.32 Å². The van der Waals surface area contributed by atoms with Crippen LogP contribution in [0, 0.1) is 0 Å². The molecule has 1 amide bonds. The van der Waals surface area contributed by atoms with Gasteiger partial charge in [0.2, 0.25) is 0 Å². The highest BCUT2D eigenvalue weighted by atomic mass is 35.5. The third-order valence-electron chi connectivity index (χ3n) is 3.13. The molecule has 1 unspecified atom stereocenters. The number of hydrogen-bond acceptors (Lipinski definition) is 3. The van der Waals surface area contributed by atoms with E-state index in [0.29, 0.717) is 17.3 Å². The van der Waals surface area contributed by atoms with Gasteiger partial charge in [0.25, 0.3) is 5.91 Å². The summed E-state index contributed by atoms with van der Waals surface area (Å²) < 4.78 is 10.8. The fraction of sp³-hybridized carbons (Fsp3) is 0.235. The lowest BCUT2D eigenvalue weighted by atomic mass is 10.1. The molecule has 0 spiro atoms. The van der Waals surface area contributed by atoms with Crippen LogP contribution >= 0.6 is 11.6 Å². The topological polar surface area (TPSA) is 47.6 Å². The van der Waals surface area contributed by atoms with Gasteiger partial charge in [-0.3, -0.25) is 4.79 Å². The molecule has 5 heteroatoms. The standard InChI is InChI=1S/C17H18ClNO3/c1-21-16(14-9-5-6-10-15(14)18)11-19-17(20)12-22-13-7-3-2-4-8-13/h2-10,16H,11-12H2,1H3,(H,19,20). The third kappa shape index (κ3) is 4.76. The minimum atomic E-state index is -0.297. The first kappa shape index (κ1) is 16.3. The molecule has 0 aliphatic carbocycles. The van der Waals surface area contributed by atoms with Crippen molar-refractivity contribution in [1.29, 1.82) is 0 Å². The number of carbonyl (C=O) groups is 1. The Morgan fingerprint density at radius 3 is 2.50 bits per heavy atom. The van der Waals surface area contributed by atoms with Gasteiger partial charge in [0.1, 0.15) is 11.9 Å². The van der Waals surface area contributed by atoms with E-state index in [9.17, 15) is 4.79 Å². The molecule has 0 saturated heterocycles. The molecule has 1 atom stereocenters. The van der Waals surface area contributed by atoms with Crippen molar-refractivity contribution in [2.24, 2.45) is 0 Å². The fourth-order valence-electron chi connectivity index (χ4n) is 1.98. The zero-order valence-electron chi connectivity index (χ0n) is 12.3. The molecule has 0 bridgehead atoms. The van der Waals surface area contributed by atoms with Crippen LogP contribution < -0.4 is 10.1 Å². The molecule has 0 aromatic heterocycles. The van der Waals surface area contributed by atoms with E-state index in [1.807, 2.05) is 36.4 Å². The van der Waals surface area contributed by atoms with Gasteiger partial charge >= 0.3 is 0 Å². The van der Waals surface area contributed by atoms with E-state index < -0.39 is 0 Å². The van der Waals surface area contributed by atoms with Crippen LogP contribution in [0.1, 0.15) is 11.7 Å². The molecule has 1 N–H and O–H groups in total. The van der Waals surface area contributed by atoms with E-state index in [1.165, 1.54) is 0 Å². The number of carbonyl (C=O) groups excluding carboxylic acids is 1. The van der Waals surface area contributed by atoms with Gasteiger partial charge in [-0.15, -0.1) is 0 Å². The lowest BCUT2D eigenvalue weighted by Gasteiger charge is -2.17. The second-order valence-corrected chi connectivity index (χ2v) is 5.06. The third-order valence-corrected chi connectivity index (χ3v) is 3.48. The lowest BCUT2D eigenvalue weighted by Crippen LogP contribution is -2.33. The van der Waals surface area contributed by atoms with Crippen molar-refractivity contribution in [3.8, 4) is 5.75 Å². The first-order valence-corrected chi connectivity index (χ1v) is 7.30. The SMILES string of the molecule is COC(CNC(=O)COc1ccccc1)c1ccccc1Cl. The first-order valence-electron chi connectivity index (χ1n) is 6.92. The number of benzene rings is 2. The average Bonchev–Trinajstić information content (AvgIpc) is 2.56. The Balaban J connectivity index is 1.83. The minimum Gasteiger partial charge on any atom is -0.484 e. The number of methoxy groups -OCH3 is 1. The van der Waals surface area contributed by atoms with Gasteiger partial charge in [-0.05, 0) is 18.2 Å². The molecule has 0 heterocycles. The smallest absolute Gasteiger partial charge is 0.258 e. The molecule has 0 aliphatic rings. The van der Waals surface area contributed by atoms with Gasteiger partial charge in [0.05, 0.1) is 0 Å². The molecular formula is C17H18ClNO3. The number of nitrogens with one attached hydrogen (secondary N) is 1. The zero-order valence-corrected chi connectivity index (χ0v) is 13.0. The van der Waals surface area contributed by atoms with Crippen LogP contribution in [0.3, 0.4) is 0 Å². The van der Waals surface area contributed by atoms with Gasteiger partial charge in [-0.1, -0.05) is 48.0 Å². The van der Waals surface area contributed by atoms with E-state index in [-0.39, 0.29) is 18.6 Å². The number of hydrogen-bond donors (Lipinski definition) is 1. The Morgan fingerprint density at radius 1 is 1.14 bits per heavy atom. The van der Waals surface area contributed by atoms with Crippen molar-refractivity contribution in [2.45, 2.75) is 6.10 Å². The molecule has 116 valence electrons. The molecule has 2 aromatic carbocycles. The van der Waals surface area contributed by atoms with Gasteiger partial charge in [0.15, 0.2) is 6.61 Å². The van der Waals surface area contributed by atoms with Crippen LogP contribution in [-0.2, 0) is 9.53 Å². The summed E-state index contributed by atoms with van der Waals surface area (Å²) in [7, 11) is 1.58. The maximum Gasteiger partial charge on any atom is 0.258 e. The highest BCUT2D eigenvalue weighted by molar-refractivity contribution is 6.31. The lowest BCUT2D eigenvalue weighted by molar-refractivity contribution is -0.123. The predicted octanol–water partition coefficient (Wildman–Crippen LogP) is 3.22. The second-order valence-electron chi connectivity index (χ2n) is 4.65. The first-order chi connectivity index (χ1) is 10.7. The number of para-hydroxylation sites is 1. The van der Waals surface area contributed by atoms with Gasteiger partial charge in [-0.25, -0.2) is 0 Å². The highest BCUT2D eigenvalue weighted by Crippen LogP contribution is 2.24. The zero-order chi connectivity index (χ0) is 15.8. The maximum atomic E-state index is 11.8. The summed E-state index contributed by atoms with van der Waals surface area (Å²) in [4.78, 5) is 11.8. The van der Waals surface area contributed by atoms with Crippen LogP contribution in [0.5, 0.6) is 5.75 Å². The van der Waals surface area contributed by atoms with Crippen molar-refractivity contribution >= 4 is 17.5 Å². The van der Waals surface area contributed by atoms with E-state index in [1.54, 1.807) is 25.3 Å². The molecule has 0 fully saturated rings. The molecule has 4 nitrogen and oxygen atoms in total. The van der Waals surface area contributed by atoms with E-state index in [0.717, 1.165) is 5.56 Å². The molecular weight excluding hydrogens is 302 g/mol. The highest BCUT2D eigenvalue weighted by Gasteiger charge is 2.15. The van der Waals surface area contributed by atoms with E-state index in [4.69, 9.17) is 21.1 Å². The summed E-state index contributed by atoms with van der Waals surface area (Å²) in [5, 5.41) is 3.40. The molecule has 2 rings (SSSR count). The van der Waals surface area contributed by atoms with E-state index >= 15 is 0 Å². The Morgan fingerprint density at radius 2 is 1.82 bits per heavy atom. The molecule has 0 aliphatic heterocycles. The summed E-state index contributed by atoms with van der Waals surface area (Å²) in [6.45, 7) is 0.292. The Bertz CT molecular complexity index is 604. The number of rotatable bonds is 7. The number of halogens is 1. The quantitative estimate of drug-likeness (QED) is 0.852. The summed E-state index contributed by atoms with van der Waals surface area (Å²) >= 11 is 6.14. The van der Waals surface area contributed by atoms with Crippen molar-refractivity contribution in [3.05, 3.63) is 65.2 Å². The van der Waals surface area contributed by atoms with Gasteiger partial charge in [-0.2, -0.15) is 0 Å². The monoisotopic (exact) mass is 319 g/mol. The Labute approximate surface area is 135 Å². The molecule has 0 radical (unpaired) electrons. The Kier molecular flexibility index (Phi) is 6.25. The van der Waals surface area contributed by atoms with Crippen LogP contribution in [0.2, 0.25) is 5.02 Å². The molecule has 0 saturated carbocycles. The maximum absolute atomic E-state index is 11.8. The summed E-state index contributed by atoms with van der Waals surface area (Å²) in [6, 6.07) is 16.6. The largest absolute Gasteiger partial charge is 0.484 e. The average molecular weight is 320 g/mol. The molecule has 2 aromatic rings. The number of ether oxygens (including phenoxy) is 2. The van der Waals surface area contributed by atoms with Crippen LogP contribution in [0.25, 0.3) is 0 Å². The van der Waals surface area contributed by atoms with Crippen LogP contribution in [-0.4, -0.2) is 26.2 Å². The summed E-state index contributed by atoms with van der Waals surface area (Å²) in [5.74, 6) is 0.449. The normalized spacial score (nSPS) is 11.7. The van der Waals surface area contributed by atoms with Gasteiger partial charge in [0, 0.05) is 24.2 Å². The van der Waals surface area contributed by atoms with E-state index in [2.05, 4.69) is 5.32 Å². The fourth-order valence-corrected chi connectivity index (χ4v) is 2.24. The van der Waals surface area contributed by atoms with Crippen molar-refractivity contribution in [3.63, 3.8) is 0 Å². The predicted molar refractivity (Wildman–Crippen MR) is 86.1 cm³/mol. The van der Waals surface area contributed by atoms with Crippen LogP contribution in [0.4, 0.5) is 0 Å². The van der Waals surface area contributed by atoms with Crippen molar-refractivity contribution in [2.75, 3.05) is 20.3 Å². The minimum absolute atomic E-state index is 0.0387. The van der Waals surface area contributed by atoms with Gasteiger partial charge < -0.3 is 14.8 Å². The van der Waals surface area contributed by atoms with Crippen molar-refractivity contribution < 1.29 is 14.3 Å². The summed E-state index contributed by atoms with van der Waals surface area (Å²) in [5.41, 5.74) is 0.843. The summed E-state index contributed by atoms with van der Waals surface area (Å²) in [6.07, 6.45) is -0.297. The number of amides is 1. The molecule has 22 heavy (non-hydrogen) atoms.